The van der Waals surface area contributed by atoms with Gasteiger partial charge in [-0.1, -0.05) is 213 Å². The third-order valence-corrected chi connectivity index (χ3v) is 35.5. The number of benzene rings is 12. The van der Waals surface area contributed by atoms with E-state index >= 15 is 0 Å². The number of aryl methyl sites for hydroxylation is 8. The van der Waals surface area contributed by atoms with Gasteiger partial charge in [-0.05, 0) is 346 Å². The van der Waals surface area contributed by atoms with Crippen molar-refractivity contribution in [3.63, 3.8) is 0 Å². The molecule has 4 nitrogen and oxygen atoms in total. The molecule has 0 aliphatic heterocycles. The van der Waals surface area contributed by atoms with Gasteiger partial charge in [-0.3, -0.25) is 0 Å². The first-order valence-corrected chi connectivity index (χ1v) is 44.3. The van der Waals surface area contributed by atoms with E-state index in [4.69, 9.17) is 18.9 Å². The highest BCUT2D eigenvalue weighted by Gasteiger charge is 2.40. The van der Waals surface area contributed by atoms with Crippen LogP contribution in [0.5, 0.6) is 23.0 Å². The van der Waals surface area contributed by atoms with Crippen molar-refractivity contribution in [1.82, 2.24) is 0 Å². The summed E-state index contributed by atoms with van der Waals surface area (Å²) in [6, 6.07) is 75.5. The second-order valence-corrected chi connectivity index (χ2v) is 40.3. The molecule has 16 rings (SSSR count). The van der Waals surface area contributed by atoms with Crippen molar-refractivity contribution < 1.29 is 18.9 Å². The largest absolute Gasteiger partial charge is 0.496 e. The highest BCUT2D eigenvalue weighted by Crippen LogP contribution is 2.62. The van der Waals surface area contributed by atoms with Gasteiger partial charge in [-0.25, -0.2) is 0 Å². The molecule has 4 aliphatic rings. The fourth-order valence-electron chi connectivity index (χ4n) is 19.4. The van der Waals surface area contributed by atoms with Gasteiger partial charge < -0.3 is 18.9 Å². The third-order valence-electron chi connectivity index (χ3n) is 23.7. The van der Waals surface area contributed by atoms with Crippen molar-refractivity contribution in [3.8, 4) is 45.3 Å². The highest BCUT2D eigenvalue weighted by molar-refractivity contribution is 7.81. The summed E-state index contributed by atoms with van der Waals surface area (Å²) >= 11 is 0. The van der Waals surface area contributed by atoms with E-state index in [1.165, 1.54) is 189 Å². The summed E-state index contributed by atoms with van der Waals surface area (Å²) in [5.74, 6) is 3.73. The van der Waals surface area contributed by atoms with Gasteiger partial charge in [0.2, 0.25) is 0 Å². The summed E-state index contributed by atoms with van der Waals surface area (Å²) < 4.78 is 23.8. The molecule has 0 unspecified atom stereocenters. The van der Waals surface area contributed by atoms with Crippen LogP contribution < -0.4 is 61.4 Å². The van der Waals surface area contributed by atoms with Gasteiger partial charge in [0.15, 0.2) is 0 Å². The monoisotopic (exact) mass is 1440 g/mol. The van der Waals surface area contributed by atoms with Crippen molar-refractivity contribution in [1.29, 1.82) is 0 Å². The number of methoxy groups -OCH3 is 4. The maximum atomic E-state index is 5.96. The summed E-state index contributed by atoms with van der Waals surface area (Å²) in [5.41, 5.74) is 18.6. The number of ether oxygens (including phenoxy) is 4. The average Bonchev–Trinajstić information content (AvgIpc) is 1.00. The number of hydrogen-bond donors (Lipinski definition) is 0. The standard InChI is InChI=1S/C56H56O4P2.C40H48P2/c1-33-25-43(26-34(2)53(33)57-9)61(44-27-35(3)54(58-10)36(4)28-44)49-23-21-41-17-13-15-19-47(41)51(49)52-48-20-16-14-18-42(48)22-24-50(52)62(45-29-37(5)55(59-11)38(6)30-45)46-31-39(7)56(60-12)40(8)32-46;1-11-23-35-29(13-1)25-27-37(41(31-15-3-4-16-31)32-17-5-6-18-32)39(35)40-36-24-12-2-14-30(36)26-28-38(40)42(33-19-7-8-20-33)34-21-9-10-22-34/h13-32H,1-12H3;1-2,11-14,23-28,31-34H,3-10,15-22H2. The molecule has 104 heavy (non-hydrogen) atoms. The molecule has 4 fully saturated rings. The Bertz CT molecular complexity index is 4600. The molecule has 0 radical (unpaired) electrons. The Morgan fingerprint density at radius 1 is 0.240 bits per heavy atom. The summed E-state index contributed by atoms with van der Waals surface area (Å²) in [6.45, 7) is 17.4. The molecule has 12 aromatic carbocycles. The predicted octanol–water partition coefficient (Wildman–Crippen LogP) is 23.3. The zero-order valence-electron chi connectivity index (χ0n) is 63.5. The van der Waals surface area contributed by atoms with Crippen LogP contribution in [0.3, 0.4) is 0 Å². The number of rotatable bonds is 18. The molecule has 0 atom stereocenters. The predicted molar refractivity (Wildman–Crippen MR) is 457 cm³/mol. The molecule has 0 heterocycles. The fraction of sp³-hybridized carbons (Fsp3) is 0.333. The zero-order chi connectivity index (χ0) is 71.9. The highest BCUT2D eigenvalue weighted by atomic mass is 31.1. The molecule has 0 N–H and O–H groups in total. The minimum Gasteiger partial charge on any atom is -0.496 e. The lowest BCUT2D eigenvalue weighted by atomic mass is 9.93. The van der Waals surface area contributed by atoms with E-state index in [2.05, 4.69) is 250 Å². The third kappa shape index (κ3) is 13.9. The van der Waals surface area contributed by atoms with E-state index in [0.29, 0.717) is 0 Å². The molecular weight excluding hydrogens is 1340 g/mol. The van der Waals surface area contributed by atoms with E-state index in [1.807, 2.05) is 0 Å². The van der Waals surface area contributed by atoms with E-state index in [1.54, 1.807) is 50.2 Å². The summed E-state index contributed by atoms with van der Waals surface area (Å²) in [7, 11) is 4.47. The molecule has 0 amide bonds. The van der Waals surface area contributed by atoms with Gasteiger partial charge in [0.1, 0.15) is 23.0 Å². The molecule has 0 saturated heterocycles. The first kappa shape index (κ1) is 72.2. The molecule has 0 spiro atoms. The van der Waals surface area contributed by atoms with Crippen molar-refractivity contribution in [2.75, 3.05) is 28.4 Å². The van der Waals surface area contributed by atoms with Crippen molar-refractivity contribution in [3.05, 3.63) is 239 Å². The Morgan fingerprint density at radius 2 is 0.433 bits per heavy atom. The van der Waals surface area contributed by atoms with Crippen molar-refractivity contribution in [2.45, 2.75) is 181 Å². The molecule has 0 aromatic heterocycles. The topological polar surface area (TPSA) is 36.9 Å². The van der Waals surface area contributed by atoms with Crippen LogP contribution in [0.2, 0.25) is 0 Å². The first-order valence-electron chi connectivity index (χ1n) is 38.6. The van der Waals surface area contributed by atoms with Crippen molar-refractivity contribution in [2.24, 2.45) is 0 Å². The smallest absolute Gasteiger partial charge is 0.124 e. The maximum Gasteiger partial charge on any atom is 0.124 e. The van der Waals surface area contributed by atoms with Gasteiger partial charge in [0.05, 0.1) is 28.4 Å². The lowest BCUT2D eigenvalue weighted by Gasteiger charge is -2.36. The fourth-order valence-corrected chi connectivity index (χ4v) is 33.0. The van der Waals surface area contributed by atoms with Gasteiger partial charge in [-0.15, -0.1) is 0 Å². The molecule has 8 heteroatoms. The van der Waals surface area contributed by atoms with Crippen LogP contribution in [0, 0.1) is 55.4 Å². The number of hydrogen-bond acceptors (Lipinski definition) is 4. The van der Waals surface area contributed by atoms with Gasteiger partial charge in [-0.2, -0.15) is 0 Å². The Balaban J connectivity index is 0.000000179. The van der Waals surface area contributed by atoms with Crippen LogP contribution in [0.1, 0.15) is 147 Å². The molecule has 12 aromatic rings. The van der Waals surface area contributed by atoms with E-state index < -0.39 is 15.8 Å². The van der Waals surface area contributed by atoms with Crippen LogP contribution in [0.15, 0.2) is 194 Å². The van der Waals surface area contributed by atoms with Crippen LogP contribution in [-0.4, -0.2) is 51.1 Å². The lowest BCUT2D eigenvalue weighted by Crippen LogP contribution is -2.27. The Kier molecular flexibility index (Phi) is 21.9. The second-order valence-electron chi connectivity index (χ2n) is 30.4. The van der Waals surface area contributed by atoms with E-state index in [-0.39, 0.29) is 15.8 Å². The van der Waals surface area contributed by atoms with Gasteiger partial charge in [0, 0.05) is 0 Å². The quantitative estimate of drug-likeness (QED) is 0.0803. The first-order chi connectivity index (χ1) is 50.7. The lowest BCUT2D eigenvalue weighted by molar-refractivity contribution is 0.408. The van der Waals surface area contributed by atoms with Crippen molar-refractivity contribution >= 4 is 117 Å². The Hall–Kier alpha value is -7.40. The van der Waals surface area contributed by atoms with Crippen LogP contribution in [0.25, 0.3) is 65.3 Å². The van der Waals surface area contributed by atoms with Gasteiger partial charge in [0.25, 0.3) is 0 Å². The SMILES string of the molecule is COc1c(C)cc(P(c2cc(C)c(OC)c(C)c2)c2ccc3ccccc3c2-c2c(P(c3cc(C)c(OC)c(C)c3)c3cc(C)c(OC)c(C)c3)ccc3ccccc23)cc1C.c1ccc2c(-c3c(P(C4CCCC4)C4CCCC4)ccc4ccccc34)c(P(C3CCCC3)C3CCCC3)ccc2c1. The minimum absolute atomic E-state index is 0.176. The molecule has 532 valence electrons. The number of fused-ring (bicyclic) bond motifs is 4. The van der Waals surface area contributed by atoms with E-state index in [9.17, 15) is 0 Å². The van der Waals surface area contributed by atoms with Gasteiger partial charge >= 0.3 is 0 Å². The average molecular weight is 1450 g/mol. The normalized spacial score (nSPS) is 15.5. The minimum atomic E-state index is -1.13. The molecular formula is C96H104O4P4. The Labute approximate surface area is 625 Å². The zero-order valence-corrected chi connectivity index (χ0v) is 67.1. The maximum absolute atomic E-state index is 5.96. The molecule has 4 saturated carbocycles. The second kappa shape index (κ2) is 31.6. The molecule has 0 bridgehead atoms. The van der Waals surface area contributed by atoms with Crippen LogP contribution >= 0.6 is 31.7 Å². The summed E-state index contributed by atoms with van der Waals surface area (Å²) in [4.78, 5) is 0. The molecule has 4 aliphatic carbocycles. The summed E-state index contributed by atoms with van der Waals surface area (Å²) in [6.07, 6.45) is 23.3. The van der Waals surface area contributed by atoms with E-state index in [0.717, 1.165) is 90.1 Å². The Morgan fingerprint density at radius 3 is 0.644 bits per heavy atom. The van der Waals surface area contributed by atoms with Crippen LogP contribution in [0.4, 0.5) is 0 Å². The van der Waals surface area contributed by atoms with Crippen LogP contribution in [-0.2, 0) is 0 Å². The summed E-state index contributed by atoms with van der Waals surface area (Å²) in [5, 5.41) is 22.1.